The van der Waals surface area contributed by atoms with E-state index in [1.54, 1.807) is 24.6 Å². The number of phenolic OH excluding ortho intramolecular Hbond substituents is 2. The van der Waals surface area contributed by atoms with E-state index >= 15 is 0 Å². The predicted octanol–water partition coefficient (Wildman–Crippen LogP) is 3.71. The van der Waals surface area contributed by atoms with Gasteiger partial charge in [0.1, 0.15) is 36.2 Å². The van der Waals surface area contributed by atoms with Crippen molar-refractivity contribution in [2.45, 2.75) is 37.8 Å². The molecule has 207 valence electrons. The number of aromatic hydroxyl groups is 2. The molecule has 2 aromatic carbocycles. The van der Waals surface area contributed by atoms with E-state index in [0.717, 1.165) is 56.1 Å². The van der Waals surface area contributed by atoms with Crippen LogP contribution >= 0.6 is 0 Å². The van der Waals surface area contributed by atoms with Crippen LogP contribution in [0.25, 0.3) is 0 Å². The second kappa shape index (κ2) is 17.0. The summed E-state index contributed by atoms with van der Waals surface area (Å²) in [6.45, 7) is 2.73. The summed E-state index contributed by atoms with van der Waals surface area (Å²) in [5.74, 6) is 1.57. The molecule has 0 saturated heterocycles. The molecule has 2 N–H and O–H groups in total. The average molecular weight is 564 g/mol. The van der Waals surface area contributed by atoms with Gasteiger partial charge in [0.25, 0.3) is 0 Å². The van der Waals surface area contributed by atoms with Gasteiger partial charge in [0.2, 0.25) is 0 Å². The van der Waals surface area contributed by atoms with Crippen molar-refractivity contribution in [3.05, 3.63) is 47.5 Å². The van der Waals surface area contributed by atoms with E-state index in [0.29, 0.717) is 35.8 Å². The van der Waals surface area contributed by atoms with Crippen LogP contribution in [0.5, 0.6) is 23.0 Å². The van der Waals surface area contributed by atoms with Gasteiger partial charge < -0.3 is 29.5 Å². The zero-order valence-electron chi connectivity index (χ0n) is 22.8. The predicted molar refractivity (Wildman–Crippen MR) is 146 cm³/mol. The first-order chi connectivity index (χ1) is 18.3. The summed E-state index contributed by atoms with van der Waals surface area (Å²) in [6, 6.07) is 10.7. The van der Waals surface area contributed by atoms with Crippen LogP contribution < -0.4 is 9.47 Å². The van der Waals surface area contributed by atoms with E-state index < -0.39 is 0 Å². The van der Waals surface area contributed by atoms with Gasteiger partial charge in [-0.3, -0.25) is 9.98 Å². The van der Waals surface area contributed by atoms with E-state index in [4.69, 9.17) is 23.1 Å². The number of hydrogen-bond donors (Lipinski definition) is 2. The molecule has 1 aliphatic carbocycles. The zero-order chi connectivity index (χ0) is 27.9. The van der Waals surface area contributed by atoms with Crippen LogP contribution in [0, 0.1) is 0 Å². The van der Waals surface area contributed by atoms with Crippen molar-refractivity contribution in [1.29, 1.82) is 0 Å². The molecule has 2 atom stereocenters. The van der Waals surface area contributed by atoms with Gasteiger partial charge in [-0.1, -0.05) is 12.8 Å². The molecule has 0 heterocycles. The first-order valence-corrected chi connectivity index (χ1v) is 13.3. The van der Waals surface area contributed by atoms with Crippen LogP contribution in [0.2, 0.25) is 0 Å². The molecule has 1 fully saturated rings. The van der Waals surface area contributed by atoms with Gasteiger partial charge in [-0.05, 0) is 65.3 Å². The molecule has 0 spiro atoms. The summed E-state index contributed by atoms with van der Waals surface area (Å²) in [5.41, 5.74) is 1.32. The fourth-order valence-corrected chi connectivity index (χ4v) is 3.93. The Kier molecular flexibility index (Phi) is 14.1. The van der Waals surface area contributed by atoms with Gasteiger partial charge in [0.15, 0.2) is 0 Å². The Bertz CT molecular complexity index is 966. The first-order valence-electron chi connectivity index (χ1n) is 12.8. The van der Waals surface area contributed by atoms with E-state index in [2.05, 4.69) is 0 Å². The van der Waals surface area contributed by atoms with Crippen molar-refractivity contribution < 1.29 is 40.7 Å². The Balaban J connectivity index is 0.00000247. The SMILES string of the molecule is CN(C)CCOc1ccc(C=N[C@@H]2CCCC[C@H]2N=Cc2ccc(OCCN(C)C)cc2O)c(O)c1.[O]=[V]. The third kappa shape index (κ3) is 11.0. The fourth-order valence-electron chi connectivity index (χ4n) is 3.93. The van der Waals surface area contributed by atoms with Gasteiger partial charge >= 0.3 is 21.0 Å². The Hall–Kier alpha value is -2.72. The topological polar surface area (TPSA) is 107 Å². The number of benzene rings is 2. The number of rotatable bonds is 12. The van der Waals surface area contributed by atoms with Crippen molar-refractivity contribution in [3.63, 3.8) is 0 Å². The molecule has 0 bridgehead atoms. The third-order valence-electron chi connectivity index (χ3n) is 6.12. The second-order valence-corrected chi connectivity index (χ2v) is 9.72. The Labute approximate surface area is 235 Å². The maximum absolute atomic E-state index is 10.4. The molecule has 1 saturated carbocycles. The number of likely N-dealkylation sites (N-methyl/N-ethyl adjacent to an activating group) is 2. The number of aliphatic imine (C=N–C) groups is 2. The Morgan fingerprint density at radius 1 is 0.789 bits per heavy atom. The van der Waals surface area contributed by atoms with E-state index in [1.807, 2.05) is 62.3 Å². The number of ether oxygens (including phenoxy) is 2. The molecular weight excluding hydrogens is 523 g/mol. The molecule has 38 heavy (non-hydrogen) atoms. The molecule has 9 nitrogen and oxygen atoms in total. The van der Waals surface area contributed by atoms with Crippen molar-refractivity contribution in [2.24, 2.45) is 9.98 Å². The van der Waals surface area contributed by atoms with Crippen molar-refractivity contribution >= 4 is 12.4 Å². The van der Waals surface area contributed by atoms with Gasteiger partial charge in [-0.25, -0.2) is 0 Å². The van der Waals surface area contributed by atoms with Crippen LogP contribution in [0.3, 0.4) is 0 Å². The van der Waals surface area contributed by atoms with Crippen LogP contribution in [-0.4, -0.2) is 99.0 Å². The van der Waals surface area contributed by atoms with Crippen molar-refractivity contribution in [2.75, 3.05) is 54.5 Å². The second-order valence-electron chi connectivity index (χ2n) is 9.72. The van der Waals surface area contributed by atoms with E-state index in [1.165, 1.54) is 0 Å². The summed E-state index contributed by atoms with van der Waals surface area (Å²) >= 11 is 1.06. The standard InChI is InChI=1S/C28H40N4O4.O.V/c1-31(2)13-15-35-23-11-9-21(27(33)17-23)19-29-25-7-5-6-8-26(25)30-20-22-10-12-24(18-28(22)34)36-16-14-32(3)4;;/h9-12,17-20,25-26,33-34H,5-8,13-16H2,1-4H3;;/t25-,26-;;/m1../s1. The molecule has 0 unspecified atom stereocenters. The quantitative estimate of drug-likeness (QED) is 0.379. The minimum atomic E-state index is 0.0289. The van der Waals surface area contributed by atoms with Gasteiger partial charge in [0, 0.05) is 48.8 Å². The molecule has 0 aliphatic heterocycles. The normalized spacial score (nSPS) is 17.6. The zero-order valence-corrected chi connectivity index (χ0v) is 24.2. The van der Waals surface area contributed by atoms with Crippen LogP contribution in [-0.2, 0) is 21.0 Å². The average Bonchev–Trinajstić information content (AvgIpc) is 2.89. The number of phenols is 2. The Morgan fingerprint density at radius 2 is 1.18 bits per heavy atom. The molecular formula is C28H40N4O5V. The maximum atomic E-state index is 10.4. The molecule has 3 rings (SSSR count). The monoisotopic (exact) mass is 563 g/mol. The van der Waals surface area contributed by atoms with Crippen LogP contribution in [0.15, 0.2) is 46.4 Å². The molecule has 2 aromatic rings. The molecule has 0 amide bonds. The molecule has 0 aromatic heterocycles. The van der Waals surface area contributed by atoms with Crippen molar-refractivity contribution in [1.82, 2.24) is 9.80 Å². The van der Waals surface area contributed by atoms with Gasteiger partial charge in [0.05, 0.1) is 12.1 Å². The van der Waals surface area contributed by atoms with E-state index in [9.17, 15) is 10.2 Å². The molecule has 1 aliphatic rings. The van der Waals surface area contributed by atoms with Crippen molar-refractivity contribution in [3.8, 4) is 23.0 Å². The van der Waals surface area contributed by atoms with Crippen LogP contribution in [0.1, 0.15) is 36.8 Å². The molecule has 0 radical (unpaired) electrons. The Morgan fingerprint density at radius 3 is 1.53 bits per heavy atom. The first kappa shape index (κ1) is 31.5. The number of nitrogens with zero attached hydrogens (tertiary/aromatic N) is 4. The van der Waals surface area contributed by atoms with Crippen LogP contribution in [0.4, 0.5) is 0 Å². The molecule has 10 heteroatoms. The third-order valence-corrected chi connectivity index (χ3v) is 6.12. The summed E-state index contributed by atoms with van der Waals surface area (Å²) in [4.78, 5) is 13.6. The summed E-state index contributed by atoms with van der Waals surface area (Å²) in [6.07, 6.45) is 7.54. The summed E-state index contributed by atoms with van der Waals surface area (Å²) in [7, 11) is 7.96. The minimum absolute atomic E-state index is 0.0289. The summed E-state index contributed by atoms with van der Waals surface area (Å²) in [5, 5.41) is 20.9. The van der Waals surface area contributed by atoms with Gasteiger partial charge in [-0.15, -0.1) is 0 Å². The summed E-state index contributed by atoms with van der Waals surface area (Å²) < 4.78 is 19.6. The van der Waals surface area contributed by atoms with Gasteiger partial charge in [-0.2, -0.15) is 0 Å². The van der Waals surface area contributed by atoms with E-state index in [-0.39, 0.29) is 23.6 Å². The fraction of sp³-hybridized carbons (Fsp3) is 0.500. The number of hydrogen-bond acceptors (Lipinski definition) is 9.